The van der Waals surface area contributed by atoms with Crippen LogP contribution in [0.4, 0.5) is 0 Å². The van der Waals surface area contributed by atoms with Gasteiger partial charge in [0.1, 0.15) is 17.1 Å². The van der Waals surface area contributed by atoms with Crippen LogP contribution in [-0.2, 0) is 9.22 Å². The molecule has 3 rings (SSSR count). The molecule has 0 amide bonds. The zero-order valence-corrected chi connectivity index (χ0v) is 19.1. The van der Waals surface area contributed by atoms with Gasteiger partial charge in [0.05, 0.1) is 0 Å². The van der Waals surface area contributed by atoms with E-state index >= 15 is 0 Å². The molecule has 5 atom stereocenters. The number of carbonyl (C=O) groups is 1. The molecular formula is C22H33ClO3Si. The molecule has 3 nitrogen and oxygen atoms in total. The van der Waals surface area contributed by atoms with Gasteiger partial charge < -0.3 is 9.53 Å². The third-order valence-electron chi connectivity index (χ3n) is 7.41. The Morgan fingerprint density at radius 3 is 2.26 bits per heavy atom. The molecule has 2 aliphatic rings. The highest BCUT2D eigenvalue weighted by Crippen LogP contribution is 2.71. The average Bonchev–Trinajstić information content (AvgIpc) is 2.91. The van der Waals surface area contributed by atoms with Crippen molar-refractivity contribution in [2.75, 3.05) is 0 Å². The number of aliphatic hydroxyl groups is 1. The Kier molecular flexibility index (Phi) is 5.21. The first kappa shape index (κ1) is 21.0. The lowest BCUT2D eigenvalue weighted by Crippen LogP contribution is -2.61. The Labute approximate surface area is 169 Å². The van der Waals surface area contributed by atoms with Gasteiger partial charge in [-0.3, -0.25) is 4.79 Å². The van der Waals surface area contributed by atoms with Crippen LogP contribution in [0, 0.1) is 16.7 Å². The van der Waals surface area contributed by atoms with E-state index in [0.717, 1.165) is 12.8 Å². The van der Waals surface area contributed by atoms with Gasteiger partial charge >= 0.3 is 0 Å². The summed E-state index contributed by atoms with van der Waals surface area (Å²) in [4.78, 5) is 13.8. The number of hydrogen-bond acceptors (Lipinski definition) is 3. The highest BCUT2D eigenvalue weighted by atomic mass is 35.5. The second-order valence-electron chi connectivity index (χ2n) is 10.2. The van der Waals surface area contributed by atoms with E-state index in [-0.39, 0.29) is 16.6 Å². The van der Waals surface area contributed by atoms with Crippen molar-refractivity contribution in [3.8, 4) is 0 Å². The van der Waals surface area contributed by atoms with E-state index in [4.69, 9.17) is 16.0 Å². The minimum absolute atomic E-state index is 0.0105. The Bertz CT molecular complexity index is 714. The Hall–Kier alpha value is -0.683. The molecule has 0 aromatic heterocycles. The summed E-state index contributed by atoms with van der Waals surface area (Å²) in [6.45, 7) is 13.1. The van der Waals surface area contributed by atoms with E-state index in [2.05, 4.69) is 40.4 Å². The largest absolute Gasteiger partial charge is 0.404 e. The fourth-order valence-electron chi connectivity index (χ4n) is 5.53. The number of alkyl halides is 1. The van der Waals surface area contributed by atoms with E-state index in [1.165, 1.54) is 0 Å². The number of aliphatic hydroxyl groups excluding tert-OH is 1. The van der Waals surface area contributed by atoms with Gasteiger partial charge in [-0.25, -0.2) is 0 Å². The first-order valence-corrected chi connectivity index (χ1v) is 13.8. The van der Waals surface area contributed by atoms with Gasteiger partial charge in [0.15, 0.2) is 14.1 Å². The van der Waals surface area contributed by atoms with Gasteiger partial charge in [-0.1, -0.05) is 51.1 Å². The molecule has 27 heavy (non-hydrogen) atoms. The summed E-state index contributed by atoms with van der Waals surface area (Å²) >= 11 is 6.64. The molecule has 2 saturated carbocycles. The normalized spacial score (nSPS) is 34.4. The maximum Gasteiger partial charge on any atom is 0.185 e. The summed E-state index contributed by atoms with van der Waals surface area (Å²) in [7, 11) is -2.03. The zero-order valence-electron chi connectivity index (χ0n) is 17.4. The fraction of sp³-hybridized carbons (Fsp3) is 0.682. The van der Waals surface area contributed by atoms with Crippen molar-refractivity contribution in [1.82, 2.24) is 0 Å². The lowest BCUT2D eigenvalue weighted by atomic mass is 9.62. The van der Waals surface area contributed by atoms with Gasteiger partial charge in [-0.15, -0.1) is 11.6 Å². The number of hydrogen-bond donors (Lipinski definition) is 1. The summed E-state index contributed by atoms with van der Waals surface area (Å²) in [6.07, 6.45) is 1.77. The van der Waals surface area contributed by atoms with Crippen molar-refractivity contribution < 1.29 is 14.3 Å². The molecule has 1 aromatic rings. The summed E-state index contributed by atoms with van der Waals surface area (Å²) < 4.78 is 6.72. The summed E-state index contributed by atoms with van der Waals surface area (Å²) in [6, 6.07) is 9.21. The maximum absolute atomic E-state index is 13.8. The number of rotatable bonds is 6. The van der Waals surface area contributed by atoms with Gasteiger partial charge in [0, 0.05) is 5.41 Å². The number of carbonyl (C=O) groups excluding carboxylic acids is 1. The zero-order chi connectivity index (χ0) is 20.3. The number of Topliss-reactive ketones (excluding diaryl/α,β-unsaturated/α-hetero) is 1. The van der Waals surface area contributed by atoms with Crippen molar-refractivity contribution in [3.05, 3.63) is 35.9 Å². The van der Waals surface area contributed by atoms with Gasteiger partial charge in [-0.05, 0) is 55.8 Å². The number of halogens is 1. The predicted octanol–water partition coefficient (Wildman–Crippen LogP) is 5.33. The minimum atomic E-state index is -2.03. The van der Waals surface area contributed by atoms with Crippen LogP contribution in [0.3, 0.4) is 0 Å². The Morgan fingerprint density at radius 1 is 1.22 bits per heavy atom. The molecule has 5 heteroatoms. The van der Waals surface area contributed by atoms with E-state index in [1.54, 1.807) is 0 Å². The van der Waals surface area contributed by atoms with Gasteiger partial charge in [0.2, 0.25) is 0 Å². The van der Waals surface area contributed by atoms with Crippen LogP contribution in [0.15, 0.2) is 30.3 Å². The lowest BCUT2D eigenvalue weighted by molar-refractivity contribution is -0.153. The smallest absolute Gasteiger partial charge is 0.185 e. The van der Waals surface area contributed by atoms with E-state index < -0.39 is 25.4 Å². The molecule has 150 valence electrons. The van der Waals surface area contributed by atoms with E-state index in [0.29, 0.717) is 17.9 Å². The average molecular weight is 409 g/mol. The summed E-state index contributed by atoms with van der Waals surface area (Å²) in [5.74, 6) is 0.307. The molecule has 1 N–H and O–H groups in total. The van der Waals surface area contributed by atoms with Crippen LogP contribution >= 0.6 is 11.6 Å². The highest BCUT2D eigenvalue weighted by molar-refractivity contribution is 6.70. The van der Waals surface area contributed by atoms with Gasteiger partial charge in [0.25, 0.3) is 0 Å². The summed E-state index contributed by atoms with van der Waals surface area (Å²) in [5, 5.41) is 9.80. The van der Waals surface area contributed by atoms with Gasteiger partial charge in [-0.2, -0.15) is 0 Å². The number of ketones is 1. The number of fused-ring (bicyclic) bond motifs is 2. The molecule has 1 aromatic carbocycles. The maximum atomic E-state index is 13.8. The van der Waals surface area contributed by atoms with E-state index in [9.17, 15) is 9.90 Å². The second kappa shape index (κ2) is 6.69. The van der Waals surface area contributed by atoms with Crippen LogP contribution in [0.5, 0.6) is 0 Å². The number of benzene rings is 1. The second-order valence-corrected chi connectivity index (χ2v) is 15.1. The lowest BCUT2D eigenvalue weighted by Gasteiger charge is -2.51. The molecule has 0 saturated heterocycles. The van der Waals surface area contributed by atoms with Crippen molar-refractivity contribution in [2.45, 2.75) is 76.8 Å². The molecule has 0 spiro atoms. The van der Waals surface area contributed by atoms with Crippen LogP contribution in [0.2, 0.25) is 19.6 Å². The molecule has 0 aliphatic heterocycles. The monoisotopic (exact) mass is 408 g/mol. The molecule has 2 bridgehead atoms. The molecule has 2 aliphatic carbocycles. The molecular weight excluding hydrogens is 376 g/mol. The third kappa shape index (κ3) is 3.13. The first-order chi connectivity index (χ1) is 12.4. The molecule has 2 fully saturated rings. The van der Waals surface area contributed by atoms with Crippen LogP contribution < -0.4 is 0 Å². The van der Waals surface area contributed by atoms with Crippen molar-refractivity contribution in [1.29, 1.82) is 0 Å². The molecule has 0 unspecified atom stereocenters. The van der Waals surface area contributed by atoms with Crippen LogP contribution in [0.25, 0.3) is 0 Å². The van der Waals surface area contributed by atoms with Crippen molar-refractivity contribution in [2.24, 2.45) is 16.7 Å². The van der Waals surface area contributed by atoms with E-state index in [1.807, 2.05) is 30.3 Å². The standard InChI is InChI=1S/C22H33ClO3Si/c1-20(2)16-12-13-21(20,3)22(14-16,26-27(4,5)6)19(25)17(23)18(24)15-10-8-7-9-11-15/h7-11,16-18,24H,12-14H2,1-6H3/t16-,17-,18-,21-,22+/m1/s1. The predicted molar refractivity (Wildman–Crippen MR) is 112 cm³/mol. The van der Waals surface area contributed by atoms with Crippen molar-refractivity contribution >= 4 is 25.7 Å². The summed E-state index contributed by atoms with van der Waals surface area (Å²) in [5.41, 5.74) is -0.504. The van der Waals surface area contributed by atoms with Crippen LogP contribution in [0.1, 0.15) is 51.7 Å². The quantitative estimate of drug-likeness (QED) is 0.510. The third-order valence-corrected chi connectivity index (χ3v) is 8.81. The Morgan fingerprint density at radius 2 is 1.81 bits per heavy atom. The Balaban J connectivity index is 2.01. The first-order valence-electron chi connectivity index (χ1n) is 9.97. The van der Waals surface area contributed by atoms with Crippen LogP contribution in [-0.4, -0.2) is 30.2 Å². The fourth-order valence-corrected chi connectivity index (χ4v) is 7.31. The highest BCUT2D eigenvalue weighted by Gasteiger charge is 2.73. The topological polar surface area (TPSA) is 46.5 Å². The molecule has 0 radical (unpaired) electrons. The van der Waals surface area contributed by atoms with Crippen molar-refractivity contribution in [3.63, 3.8) is 0 Å². The SMILES string of the molecule is CC1(C)[C@@H]2CC[C@@]1(C)[C@@](O[Si](C)(C)C)(C(=O)[C@H](Cl)[C@H](O)c1ccccc1)C2. The minimum Gasteiger partial charge on any atom is -0.404 e. The molecule has 0 heterocycles.